The van der Waals surface area contributed by atoms with Crippen LogP contribution in [0.5, 0.6) is 0 Å². The van der Waals surface area contributed by atoms with Crippen molar-refractivity contribution in [3.63, 3.8) is 0 Å². The highest BCUT2D eigenvalue weighted by Crippen LogP contribution is 2.29. The summed E-state index contributed by atoms with van der Waals surface area (Å²) in [4.78, 5) is 27.6. The van der Waals surface area contributed by atoms with Crippen molar-refractivity contribution in [3.05, 3.63) is 30.3 Å². The van der Waals surface area contributed by atoms with Gasteiger partial charge in [0, 0.05) is 31.4 Å². The molecule has 1 aliphatic heterocycles. The molecule has 1 aromatic carbocycles. The van der Waals surface area contributed by atoms with E-state index in [0.29, 0.717) is 13.1 Å². The Labute approximate surface area is 161 Å². The second kappa shape index (κ2) is 8.91. The number of hydrogen-bond donors (Lipinski definition) is 1. The maximum Gasteiger partial charge on any atom is 0.490 e. The Morgan fingerprint density at radius 2 is 1.86 bits per heavy atom. The van der Waals surface area contributed by atoms with Gasteiger partial charge in [0.15, 0.2) is 6.23 Å². The lowest BCUT2D eigenvalue weighted by molar-refractivity contribution is -0.213. The van der Waals surface area contributed by atoms with Crippen LogP contribution in [0.1, 0.15) is 25.7 Å². The molecule has 0 aromatic heterocycles. The van der Waals surface area contributed by atoms with Crippen LogP contribution in [-0.2, 0) is 14.3 Å². The highest BCUT2D eigenvalue weighted by atomic mass is 19.4. The number of carbonyl (C=O) groups is 2. The molecule has 1 unspecified atom stereocenters. The first-order valence-electron chi connectivity index (χ1n) is 9.46. The van der Waals surface area contributed by atoms with E-state index in [1.165, 1.54) is 4.90 Å². The van der Waals surface area contributed by atoms with Gasteiger partial charge in [-0.25, -0.2) is 4.79 Å². The Bertz CT molecular complexity index is 678. The lowest BCUT2D eigenvalue weighted by Crippen LogP contribution is -2.57. The van der Waals surface area contributed by atoms with Gasteiger partial charge in [-0.15, -0.1) is 0 Å². The average molecular weight is 399 g/mol. The number of para-hydroxylation sites is 1. The van der Waals surface area contributed by atoms with Crippen LogP contribution in [0.25, 0.3) is 0 Å². The van der Waals surface area contributed by atoms with Gasteiger partial charge in [-0.1, -0.05) is 31.0 Å². The maximum absolute atomic E-state index is 13.1. The summed E-state index contributed by atoms with van der Waals surface area (Å²) in [7, 11) is 0. The van der Waals surface area contributed by atoms with E-state index in [0.717, 1.165) is 31.4 Å². The monoisotopic (exact) mass is 399 g/mol. The number of anilines is 1. The van der Waals surface area contributed by atoms with Gasteiger partial charge in [0.05, 0.1) is 6.54 Å². The van der Waals surface area contributed by atoms with E-state index < -0.39 is 18.4 Å². The largest absolute Gasteiger partial charge is 0.490 e. The molecule has 28 heavy (non-hydrogen) atoms. The van der Waals surface area contributed by atoms with Gasteiger partial charge in [-0.05, 0) is 25.0 Å². The minimum absolute atomic E-state index is 0.0455. The topological polar surface area (TPSA) is 61.9 Å². The molecule has 1 aromatic rings. The van der Waals surface area contributed by atoms with Crippen LogP contribution in [0.15, 0.2) is 30.3 Å². The second-order valence-electron chi connectivity index (χ2n) is 7.07. The maximum atomic E-state index is 13.1. The molecular weight excluding hydrogens is 375 g/mol. The Hall–Kier alpha value is -2.13. The predicted molar refractivity (Wildman–Crippen MR) is 96.6 cm³/mol. The molecule has 3 rings (SSSR count). The Morgan fingerprint density at radius 1 is 1.18 bits per heavy atom. The zero-order valence-electron chi connectivity index (χ0n) is 15.5. The van der Waals surface area contributed by atoms with Crippen molar-refractivity contribution in [1.29, 1.82) is 0 Å². The average Bonchev–Trinajstić information content (AvgIpc) is 3.18. The van der Waals surface area contributed by atoms with Crippen LogP contribution in [0.2, 0.25) is 0 Å². The summed E-state index contributed by atoms with van der Waals surface area (Å²) >= 11 is 0. The number of piperazine rings is 1. The third-order valence-corrected chi connectivity index (χ3v) is 5.11. The van der Waals surface area contributed by atoms with Crippen molar-refractivity contribution in [3.8, 4) is 0 Å². The third kappa shape index (κ3) is 5.02. The number of benzene rings is 1. The van der Waals surface area contributed by atoms with Gasteiger partial charge in [0.25, 0.3) is 0 Å². The summed E-state index contributed by atoms with van der Waals surface area (Å²) in [6.45, 7) is 0.754. The summed E-state index contributed by atoms with van der Waals surface area (Å²) in [5.74, 6) is -2.44. The second-order valence-corrected chi connectivity index (χ2v) is 7.07. The van der Waals surface area contributed by atoms with E-state index in [-0.39, 0.29) is 25.0 Å². The summed E-state index contributed by atoms with van der Waals surface area (Å²) in [6.07, 6.45) is -2.31. The number of ether oxygens (including phenoxy) is 1. The van der Waals surface area contributed by atoms with E-state index in [9.17, 15) is 22.8 Å². The van der Waals surface area contributed by atoms with Crippen molar-refractivity contribution in [2.75, 3.05) is 31.1 Å². The molecule has 1 N–H and O–H groups in total. The van der Waals surface area contributed by atoms with Crippen LogP contribution in [0, 0.1) is 0 Å². The summed E-state index contributed by atoms with van der Waals surface area (Å²) < 4.78 is 42.3. The molecule has 154 valence electrons. The first kappa shape index (κ1) is 20.6. The summed E-state index contributed by atoms with van der Waals surface area (Å²) in [6, 6.07) is 9.36. The summed E-state index contributed by atoms with van der Waals surface area (Å²) in [5, 5.41) is 2.90. The molecule has 1 heterocycles. The highest BCUT2D eigenvalue weighted by Gasteiger charge is 2.44. The van der Waals surface area contributed by atoms with Gasteiger partial charge >= 0.3 is 12.1 Å². The predicted octanol–water partition coefficient (Wildman–Crippen LogP) is 2.30. The molecule has 6 nitrogen and oxygen atoms in total. The number of alkyl halides is 3. The van der Waals surface area contributed by atoms with Gasteiger partial charge in [-0.3, -0.25) is 9.69 Å². The minimum atomic E-state index is -5.06. The number of nitrogens with one attached hydrogen (secondary N) is 1. The van der Waals surface area contributed by atoms with Crippen molar-refractivity contribution < 1.29 is 27.5 Å². The SMILES string of the molecule is O=C(CN1CCNCC1OC(=O)C(F)(F)F)N(c1ccccc1)C1CCCC1. The molecule has 9 heteroatoms. The van der Waals surface area contributed by atoms with Crippen LogP contribution < -0.4 is 10.2 Å². The van der Waals surface area contributed by atoms with Crippen molar-refractivity contribution >= 4 is 17.6 Å². The number of amides is 1. The number of rotatable bonds is 5. The van der Waals surface area contributed by atoms with Crippen LogP contribution >= 0.6 is 0 Å². The minimum Gasteiger partial charge on any atom is -0.438 e. The van der Waals surface area contributed by atoms with Gasteiger partial charge in [0.2, 0.25) is 5.91 Å². The first-order valence-corrected chi connectivity index (χ1v) is 9.46. The van der Waals surface area contributed by atoms with E-state index in [2.05, 4.69) is 10.1 Å². The van der Waals surface area contributed by atoms with E-state index >= 15 is 0 Å². The van der Waals surface area contributed by atoms with Crippen LogP contribution in [-0.4, -0.2) is 61.4 Å². The molecular formula is C19H24F3N3O3. The number of halogens is 3. The summed E-state index contributed by atoms with van der Waals surface area (Å²) in [5.41, 5.74) is 0.776. The lowest BCUT2D eigenvalue weighted by Gasteiger charge is -2.37. The number of carbonyl (C=O) groups excluding carboxylic acids is 2. The van der Waals surface area contributed by atoms with Crippen molar-refractivity contribution in [2.24, 2.45) is 0 Å². The molecule has 1 saturated heterocycles. The Morgan fingerprint density at radius 3 is 2.50 bits per heavy atom. The third-order valence-electron chi connectivity index (χ3n) is 5.11. The molecule has 0 spiro atoms. The van der Waals surface area contributed by atoms with E-state index in [1.54, 1.807) is 4.90 Å². The van der Waals surface area contributed by atoms with E-state index in [4.69, 9.17) is 0 Å². The van der Waals surface area contributed by atoms with E-state index in [1.807, 2.05) is 30.3 Å². The molecule has 1 saturated carbocycles. The van der Waals surface area contributed by atoms with Crippen LogP contribution in [0.4, 0.5) is 18.9 Å². The Balaban J connectivity index is 1.72. The fourth-order valence-electron chi connectivity index (χ4n) is 3.77. The molecule has 1 atom stereocenters. The fraction of sp³-hybridized carbons (Fsp3) is 0.579. The molecule has 1 aliphatic carbocycles. The lowest BCUT2D eigenvalue weighted by atomic mass is 10.1. The molecule has 0 radical (unpaired) electrons. The molecule has 2 aliphatic rings. The fourth-order valence-corrected chi connectivity index (χ4v) is 3.77. The highest BCUT2D eigenvalue weighted by molar-refractivity contribution is 5.95. The number of nitrogens with zero attached hydrogens (tertiary/aromatic N) is 2. The normalized spacial score (nSPS) is 21.5. The van der Waals surface area contributed by atoms with Crippen LogP contribution in [0.3, 0.4) is 0 Å². The van der Waals surface area contributed by atoms with Crippen molar-refractivity contribution in [1.82, 2.24) is 10.2 Å². The van der Waals surface area contributed by atoms with Gasteiger partial charge < -0.3 is 15.0 Å². The number of hydrogen-bond acceptors (Lipinski definition) is 5. The first-order chi connectivity index (χ1) is 13.4. The molecule has 1 amide bonds. The zero-order chi connectivity index (χ0) is 20.1. The van der Waals surface area contributed by atoms with Crippen molar-refractivity contribution in [2.45, 2.75) is 44.1 Å². The zero-order valence-corrected chi connectivity index (χ0v) is 15.5. The molecule has 2 fully saturated rings. The smallest absolute Gasteiger partial charge is 0.438 e. The van der Waals surface area contributed by atoms with Gasteiger partial charge in [0.1, 0.15) is 0 Å². The number of esters is 1. The Kier molecular flexibility index (Phi) is 6.56. The van der Waals surface area contributed by atoms with Gasteiger partial charge in [-0.2, -0.15) is 13.2 Å². The molecule has 0 bridgehead atoms. The quantitative estimate of drug-likeness (QED) is 0.770. The standard InChI is InChI=1S/C19H24F3N3O3/c20-19(21,22)18(27)28-17-12-23-10-11-24(17)13-16(26)25(15-8-4-5-9-15)14-6-2-1-3-7-14/h1-3,6-7,15,17,23H,4-5,8-13H2.